The number of carbonyl (C=O) groups is 1. The van der Waals surface area contributed by atoms with Gasteiger partial charge in [-0.1, -0.05) is 60.1 Å². The number of carbonyl (C=O) groups excluding carboxylic acids is 1. The Morgan fingerprint density at radius 3 is 2.60 bits per heavy atom. The third-order valence-electron chi connectivity index (χ3n) is 5.48. The first-order chi connectivity index (χ1) is 16.6. The van der Waals surface area contributed by atoms with E-state index in [-0.39, 0.29) is 18.3 Å². The maximum Gasteiger partial charge on any atom is 0.256 e. The number of pyridine rings is 1. The summed E-state index contributed by atoms with van der Waals surface area (Å²) in [4.78, 5) is 18.4. The average Bonchev–Trinajstić information content (AvgIpc) is 3.16. The number of aromatic nitrogens is 3. The van der Waals surface area contributed by atoms with Gasteiger partial charge in [0.05, 0.1) is 16.8 Å². The van der Waals surface area contributed by atoms with Crippen molar-refractivity contribution in [3.63, 3.8) is 0 Å². The Hall–Kier alpha value is -3.32. The molecule has 35 heavy (non-hydrogen) atoms. The summed E-state index contributed by atoms with van der Waals surface area (Å²) >= 11 is 8.16. The van der Waals surface area contributed by atoms with Crippen LogP contribution in [0.25, 0.3) is 22.2 Å². The Balaban J connectivity index is 0.00000289. The molecule has 5 nitrogen and oxygen atoms in total. The van der Waals surface area contributed by atoms with E-state index in [1.54, 1.807) is 22.6 Å². The van der Waals surface area contributed by atoms with Gasteiger partial charge in [0.1, 0.15) is 5.15 Å². The van der Waals surface area contributed by atoms with Crippen LogP contribution in [0.5, 0.6) is 0 Å². The number of aryl methyl sites for hydroxylation is 1. The first kappa shape index (κ1) is 24.8. The molecule has 2 heterocycles. The predicted octanol–water partition coefficient (Wildman–Crippen LogP) is 7.26. The fourth-order valence-electron chi connectivity index (χ4n) is 3.78. The van der Waals surface area contributed by atoms with E-state index in [1.807, 2.05) is 92.0 Å². The first-order valence-corrected chi connectivity index (χ1v) is 12.1. The van der Waals surface area contributed by atoms with Crippen LogP contribution in [0.2, 0.25) is 5.15 Å². The molecule has 0 aliphatic rings. The van der Waals surface area contributed by atoms with Crippen molar-refractivity contribution in [3.05, 3.63) is 107 Å². The van der Waals surface area contributed by atoms with Gasteiger partial charge in [-0.05, 0) is 36.4 Å². The van der Waals surface area contributed by atoms with Crippen LogP contribution in [-0.4, -0.2) is 20.7 Å². The molecule has 3 aromatic carbocycles. The zero-order chi connectivity index (χ0) is 23.5. The number of fused-ring (bicyclic) bond motifs is 1. The highest BCUT2D eigenvalue weighted by Gasteiger charge is 2.18. The summed E-state index contributed by atoms with van der Waals surface area (Å²) in [6.07, 6.45) is 1.76. The quantitative estimate of drug-likeness (QED) is 0.239. The van der Waals surface area contributed by atoms with Gasteiger partial charge in [-0.2, -0.15) is 5.10 Å². The average molecular weight is 521 g/mol. The van der Waals surface area contributed by atoms with E-state index in [0.29, 0.717) is 16.5 Å². The molecule has 5 aromatic rings. The second kappa shape index (κ2) is 11.0. The predicted molar refractivity (Wildman–Crippen MR) is 147 cm³/mol. The molecular formula is C27H22Cl2N4OS. The van der Waals surface area contributed by atoms with E-state index in [9.17, 15) is 4.79 Å². The van der Waals surface area contributed by atoms with Crippen molar-refractivity contribution < 1.29 is 4.79 Å². The van der Waals surface area contributed by atoms with Crippen LogP contribution >= 0.6 is 35.8 Å². The van der Waals surface area contributed by atoms with Crippen LogP contribution in [0.4, 0.5) is 5.69 Å². The molecule has 0 aliphatic carbocycles. The second-order valence-corrected chi connectivity index (χ2v) is 9.13. The molecule has 0 aliphatic heterocycles. The first-order valence-electron chi connectivity index (χ1n) is 10.7. The molecule has 0 bridgehead atoms. The number of nitrogens with zero attached hydrogens (tertiary/aromatic N) is 3. The molecule has 176 valence electrons. The number of hydrogen-bond acceptors (Lipinski definition) is 4. The van der Waals surface area contributed by atoms with Gasteiger partial charge in [-0.25, -0.2) is 0 Å². The lowest BCUT2D eigenvalue weighted by atomic mass is 10.1. The summed E-state index contributed by atoms with van der Waals surface area (Å²) in [5.74, 6) is 0.426. The summed E-state index contributed by atoms with van der Waals surface area (Å²) in [7, 11) is 1.84. The molecule has 8 heteroatoms. The normalized spacial score (nSPS) is 10.7. The zero-order valence-electron chi connectivity index (χ0n) is 18.8. The molecule has 0 spiro atoms. The maximum absolute atomic E-state index is 13.2. The van der Waals surface area contributed by atoms with E-state index in [2.05, 4.69) is 15.4 Å². The molecule has 0 radical (unpaired) electrons. The van der Waals surface area contributed by atoms with Crippen molar-refractivity contribution in [1.29, 1.82) is 0 Å². The number of halogens is 2. The Morgan fingerprint density at radius 1 is 1.00 bits per heavy atom. The van der Waals surface area contributed by atoms with E-state index in [4.69, 9.17) is 11.6 Å². The molecule has 1 N–H and O–H groups in total. The van der Waals surface area contributed by atoms with Crippen LogP contribution in [0.15, 0.2) is 96.0 Å². The van der Waals surface area contributed by atoms with E-state index < -0.39 is 0 Å². The summed E-state index contributed by atoms with van der Waals surface area (Å²) < 4.78 is 1.69. The molecule has 2 aromatic heterocycles. The minimum atomic E-state index is -0.160. The van der Waals surface area contributed by atoms with E-state index in [1.165, 1.54) is 0 Å². The van der Waals surface area contributed by atoms with Crippen LogP contribution in [0.3, 0.4) is 0 Å². The highest BCUT2D eigenvalue weighted by molar-refractivity contribution is 7.98. The smallest absolute Gasteiger partial charge is 0.256 e. The number of amides is 1. The molecule has 0 saturated carbocycles. The van der Waals surface area contributed by atoms with Gasteiger partial charge in [0, 0.05) is 46.1 Å². The number of hydrogen-bond donors (Lipinski definition) is 1. The largest absolute Gasteiger partial charge is 0.322 e. The van der Waals surface area contributed by atoms with Crippen LogP contribution < -0.4 is 5.32 Å². The van der Waals surface area contributed by atoms with Gasteiger partial charge in [0.2, 0.25) is 0 Å². The van der Waals surface area contributed by atoms with Gasteiger partial charge in [-0.3, -0.25) is 14.5 Å². The maximum atomic E-state index is 13.2. The standard InChI is InChI=1S/C27H21ClN4OS.ClH/c1-32-26(28)22(25(31-32)18-8-3-2-4-9-18)17-34-24-12-6-5-11-21(24)27(33)30-20-13-14-23-19(16-20)10-7-15-29-23;/h2-16H,17H2,1H3,(H,30,33);1H. The highest BCUT2D eigenvalue weighted by Crippen LogP contribution is 2.35. The van der Waals surface area contributed by atoms with Gasteiger partial charge in [-0.15, -0.1) is 24.2 Å². The number of nitrogens with one attached hydrogen (secondary N) is 1. The Kier molecular flexibility index (Phi) is 7.76. The fraction of sp³-hybridized carbons (Fsp3) is 0.0741. The van der Waals surface area contributed by atoms with Crippen molar-refractivity contribution in [2.45, 2.75) is 10.6 Å². The molecule has 5 rings (SSSR count). The number of rotatable bonds is 6. The topological polar surface area (TPSA) is 59.8 Å². The van der Waals surface area contributed by atoms with Gasteiger partial charge < -0.3 is 5.32 Å². The lowest BCUT2D eigenvalue weighted by Crippen LogP contribution is -2.13. The summed E-state index contributed by atoms with van der Waals surface area (Å²) in [5, 5.41) is 9.21. The monoisotopic (exact) mass is 520 g/mol. The van der Waals surface area contributed by atoms with Gasteiger partial charge in [0.25, 0.3) is 5.91 Å². The minimum Gasteiger partial charge on any atom is -0.322 e. The van der Waals surface area contributed by atoms with Crippen molar-refractivity contribution in [3.8, 4) is 11.3 Å². The summed E-state index contributed by atoms with van der Waals surface area (Å²) in [6.45, 7) is 0. The lowest BCUT2D eigenvalue weighted by Gasteiger charge is -2.11. The third-order valence-corrected chi connectivity index (χ3v) is 7.05. The summed E-state index contributed by atoms with van der Waals surface area (Å²) in [6, 6.07) is 27.1. The van der Waals surface area contributed by atoms with E-state index in [0.717, 1.165) is 38.3 Å². The summed E-state index contributed by atoms with van der Waals surface area (Å²) in [5.41, 5.74) is 5.04. The number of anilines is 1. The van der Waals surface area contributed by atoms with Crippen LogP contribution in [0.1, 0.15) is 15.9 Å². The molecule has 0 unspecified atom stereocenters. The number of thioether (sulfide) groups is 1. The van der Waals surface area contributed by atoms with Crippen LogP contribution in [-0.2, 0) is 12.8 Å². The lowest BCUT2D eigenvalue weighted by molar-refractivity contribution is 0.102. The minimum absolute atomic E-state index is 0. The van der Waals surface area contributed by atoms with Gasteiger partial charge in [0.15, 0.2) is 0 Å². The molecule has 0 fully saturated rings. The number of benzene rings is 3. The van der Waals surface area contributed by atoms with Crippen molar-refractivity contribution in [2.75, 3.05) is 5.32 Å². The van der Waals surface area contributed by atoms with Crippen molar-refractivity contribution in [2.24, 2.45) is 7.05 Å². The van der Waals surface area contributed by atoms with Crippen molar-refractivity contribution >= 4 is 58.3 Å². The second-order valence-electron chi connectivity index (χ2n) is 7.76. The molecule has 0 saturated heterocycles. The third kappa shape index (κ3) is 5.35. The Labute approximate surface area is 218 Å². The van der Waals surface area contributed by atoms with Gasteiger partial charge >= 0.3 is 0 Å². The van der Waals surface area contributed by atoms with Crippen molar-refractivity contribution in [1.82, 2.24) is 14.8 Å². The fourth-order valence-corrected chi connectivity index (χ4v) is 5.12. The SMILES string of the molecule is Cl.Cn1nc(-c2ccccc2)c(CSc2ccccc2C(=O)Nc2ccc3ncccc3c2)c1Cl. The Morgan fingerprint density at radius 2 is 1.77 bits per heavy atom. The zero-order valence-corrected chi connectivity index (χ0v) is 21.2. The molecule has 0 atom stereocenters. The van der Waals surface area contributed by atoms with E-state index >= 15 is 0 Å². The molecule has 1 amide bonds. The highest BCUT2D eigenvalue weighted by atomic mass is 35.5. The van der Waals surface area contributed by atoms with Crippen LogP contribution in [0, 0.1) is 0 Å². The molecular weight excluding hydrogens is 499 g/mol. The Bertz CT molecular complexity index is 1490.